The molecule has 0 spiro atoms. The maximum atomic E-state index is 12.5. The molecule has 27 heavy (non-hydrogen) atoms. The first-order valence-electron chi connectivity index (χ1n) is 8.84. The van der Waals surface area contributed by atoms with Crippen molar-refractivity contribution >= 4 is 46.5 Å². The molecule has 0 bridgehead atoms. The molecule has 1 saturated heterocycles. The summed E-state index contributed by atoms with van der Waals surface area (Å²) < 4.78 is 0. The van der Waals surface area contributed by atoms with Crippen molar-refractivity contribution in [3.63, 3.8) is 0 Å². The van der Waals surface area contributed by atoms with Crippen LogP contribution in [0.2, 0.25) is 0 Å². The van der Waals surface area contributed by atoms with Gasteiger partial charge in [0, 0.05) is 29.2 Å². The Hall–Kier alpha value is -2.80. The highest BCUT2D eigenvalue weighted by Gasteiger charge is 2.26. The number of nitrogens with one attached hydrogen (secondary N) is 1. The van der Waals surface area contributed by atoms with Crippen LogP contribution < -0.4 is 15.1 Å². The van der Waals surface area contributed by atoms with E-state index < -0.39 is 0 Å². The van der Waals surface area contributed by atoms with Gasteiger partial charge in [0.05, 0.1) is 11.4 Å². The average molecular weight is 381 g/mol. The zero-order chi connectivity index (χ0) is 18.8. The molecule has 2 aromatic carbocycles. The molecule has 0 aromatic heterocycles. The molecule has 7 heteroatoms. The minimum atomic E-state index is -0.269. The fourth-order valence-electron chi connectivity index (χ4n) is 3.34. The molecule has 2 aromatic rings. The van der Waals surface area contributed by atoms with Gasteiger partial charge in [0.25, 0.3) is 0 Å². The Kier molecular flexibility index (Phi) is 4.85. The van der Waals surface area contributed by atoms with Gasteiger partial charge < -0.3 is 15.1 Å². The maximum Gasteiger partial charge on any atom is 0.244 e. The summed E-state index contributed by atoms with van der Waals surface area (Å²) in [6.45, 7) is 0.663. The first-order valence-corrected chi connectivity index (χ1v) is 9.83. The van der Waals surface area contributed by atoms with Gasteiger partial charge in [-0.05, 0) is 36.8 Å². The van der Waals surface area contributed by atoms with Gasteiger partial charge in [0.2, 0.25) is 17.7 Å². The molecule has 1 N–H and O–H groups in total. The summed E-state index contributed by atoms with van der Waals surface area (Å²) in [6.07, 6.45) is 1.41. The van der Waals surface area contributed by atoms with Crippen molar-refractivity contribution in [2.75, 3.05) is 34.0 Å². The van der Waals surface area contributed by atoms with Gasteiger partial charge in [-0.2, -0.15) is 0 Å². The van der Waals surface area contributed by atoms with E-state index in [4.69, 9.17) is 0 Å². The second-order valence-corrected chi connectivity index (χ2v) is 7.50. The summed E-state index contributed by atoms with van der Waals surface area (Å²) in [5, 5.41) is 2.84. The van der Waals surface area contributed by atoms with Crippen molar-refractivity contribution < 1.29 is 14.4 Å². The van der Waals surface area contributed by atoms with E-state index in [0.29, 0.717) is 24.4 Å². The number of benzene rings is 2. The number of thioether (sulfide) groups is 1. The molecule has 4 rings (SSSR count). The molecule has 0 radical (unpaired) electrons. The number of nitrogens with zero attached hydrogens (tertiary/aromatic N) is 2. The number of anilines is 3. The molecule has 0 aliphatic carbocycles. The van der Waals surface area contributed by atoms with E-state index in [0.717, 1.165) is 22.7 Å². The molecule has 1 fully saturated rings. The molecule has 2 aliphatic rings. The summed E-state index contributed by atoms with van der Waals surface area (Å²) >= 11 is 1.49. The Morgan fingerprint density at radius 1 is 1.07 bits per heavy atom. The average Bonchev–Trinajstić information content (AvgIpc) is 3.10. The van der Waals surface area contributed by atoms with Crippen molar-refractivity contribution in [1.82, 2.24) is 0 Å². The molecule has 0 saturated carbocycles. The third-order valence-electron chi connectivity index (χ3n) is 4.62. The van der Waals surface area contributed by atoms with E-state index in [1.54, 1.807) is 17.0 Å². The Morgan fingerprint density at radius 2 is 1.93 bits per heavy atom. The van der Waals surface area contributed by atoms with Crippen LogP contribution in [0.3, 0.4) is 0 Å². The van der Waals surface area contributed by atoms with Crippen molar-refractivity contribution in [1.29, 1.82) is 0 Å². The minimum Gasteiger partial charge on any atom is -0.324 e. The standard InChI is InChI=1S/C20H19N3O3S/c24-18(12-23-16-7-1-2-8-17(16)27-13-20(23)26)21-14-5-3-6-15(11-14)22-10-4-9-19(22)25/h1-3,5-8,11H,4,9-10,12-13H2,(H,21,24). The van der Waals surface area contributed by atoms with Crippen molar-refractivity contribution in [3.05, 3.63) is 48.5 Å². The van der Waals surface area contributed by atoms with Crippen LogP contribution in [0.25, 0.3) is 0 Å². The molecule has 0 atom stereocenters. The minimum absolute atomic E-state index is 0.0384. The maximum absolute atomic E-state index is 12.5. The first-order chi connectivity index (χ1) is 13.1. The van der Waals surface area contributed by atoms with Crippen LogP contribution in [0.4, 0.5) is 17.1 Å². The molecule has 2 heterocycles. The van der Waals surface area contributed by atoms with Crippen LogP contribution in [0.1, 0.15) is 12.8 Å². The lowest BCUT2D eigenvalue weighted by Gasteiger charge is -2.28. The number of rotatable bonds is 4. The van der Waals surface area contributed by atoms with Gasteiger partial charge in [-0.1, -0.05) is 18.2 Å². The predicted molar refractivity (Wildman–Crippen MR) is 106 cm³/mol. The molecule has 138 valence electrons. The molecule has 3 amide bonds. The Bertz CT molecular complexity index is 915. The smallest absolute Gasteiger partial charge is 0.244 e. The number of hydrogen-bond acceptors (Lipinski definition) is 4. The van der Waals surface area contributed by atoms with Gasteiger partial charge in [0.1, 0.15) is 6.54 Å². The second-order valence-electron chi connectivity index (χ2n) is 6.48. The van der Waals surface area contributed by atoms with Crippen LogP contribution in [0.5, 0.6) is 0 Å². The van der Waals surface area contributed by atoms with Crippen LogP contribution >= 0.6 is 11.8 Å². The van der Waals surface area contributed by atoms with E-state index in [-0.39, 0.29) is 24.3 Å². The van der Waals surface area contributed by atoms with E-state index in [1.807, 2.05) is 36.4 Å². The molecule has 0 unspecified atom stereocenters. The van der Waals surface area contributed by atoms with Crippen molar-refractivity contribution in [3.8, 4) is 0 Å². The van der Waals surface area contributed by atoms with E-state index in [2.05, 4.69) is 5.32 Å². The van der Waals surface area contributed by atoms with E-state index in [1.165, 1.54) is 16.7 Å². The number of carbonyl (C=O) groups is 3. The quantitative estimate of drug-likeness (QED) is 0.884. The largest absolute Gasteiger partial charge is 0.324 e. The Labute approximate surface area is 161 Å². The SMILES string of the molecule is O=C(CN1C(=O)CSc2ccccc21)Nc1cccc(N2CCCC2=O)c1. The third-order valence-corrected chi connectivity index (χ3v) is 5.67. The van der Waals surface area contributed by atoms with Crippen LogP contribution in [0, 0.1) is 0 Å². The topological polar surface area (TPSA) is 69.7 Å². The third kappa shape index (κ3) is 3.68. The van der Waals surface area contributed by atoms with Gasteiger partial charge >= 0.3 is 0 Å². The highest BCUT2D eigenvalue weighted by Crippen LogP contribution is 2.34. The summed E-state index contributed by atoms with van der Waals surface area (Å²) in [5.41, 5.74) is 2.17. The molecular formula is C20H19N3O3S. The van der Waals surface area contributed by atoms with Crippen LogP contribution in [-0.2, 0) is 14.4 Å². The molecular weight excluding hydrogens is 362 g/mol. The number of fused-ring (bicyclic) bond motifs is 1. The summed E-state index contributed by atoms with van der Waals surface area (Å²) in [6, 6.07) is 14.8. The van der Waals surface area contributed by atoms with Crippen LogP contribution in [-0.4, -0.2) is 36.6 Å². The Balaban J connectivity index is 1.47. The normalized spacial score (nSPS) is 16.4. The highest BCUT2D eigenvalue weighted by atomic mass is 32.2. The monoisotopic (exact) mass is 381 g/mol. The summed E-state index contributed by atoms with van der Waals surface area (Å²) in [5.74, 6) is 0.0864. The fraction of sp³-hybridized carbons (Fsp3) is 0.250. The highest BCUT2D eigenvalue weighted by molar-refractivity contribution is 8.00. The van der Waals surface area contributed by atoms with Crippen molar-refractivity contribution in [2.24, 2.45) is 0 Å². The lowest BCUT2D eigenvalue weighted by Crippen LogP contribution is -2.41. The van der Waals surface area contributed by atoms with E-state index >= 15 is 0 Å². The summed E-state index contributed by atoms with van der Waals surface area (Å²) in [4.78, 5) is 41.0. The lowest BCUT2D eigenvalue weighted by atomic mass is 10.2. The van der Waals surface area contributed by atoms with Gasteiger partial charge in [0.15, 0.2) is 0 Å². The first kappa shape index (κ1) is 17.6. The number of hydrogen-bond donors (Lipinski definition) is 1. The number of amides is 3. The number of para-hydroxylation sites is 1. The Morgan fingerprint density at radius 3 is 2.74 bits per heavy atom. The zero-order valence-corrected chi connectivity index (χ0v) is 15.5. The fourth-order valence-corrected chi connectivity index (χ4v) is 4.28. The van der Waals surface area contributed by atoms with Gasteiger partial charge in [-0.3, -0.25) is 14.4 Å². The predicted octanol–water partition coefficient (Wildman–Crippen LogP) is 2.89. The second kappa shape index (κ2) is 7.44. The van der Waals surface area contributed by atoms with Crippen LogP contribution in [0.15, 0.2) is 53.4 Å². The zero-order valence-electron chi connectivity index (χ0n) is 14.7. The van der Waals surface area contributed by atoms with E-state index in [9.17, 15) is 14.4 Å². The number of carbonyl (C=O) groups excluding carboxylic acids is 3. The molecule has 6 nitrogen and oxygen atoms in total. The molecule has 2 aliphatic heterocycles. The summed E-state index contributed by atoms with van der Waals surface area (Å²) in [7, 11) is 0. The lowest BCUT2D eigenvalue weighted by molar-refractivity contribution is -0.120. The van der Waals surface area contributed by atoms with Gasteiger partial charge in [-0.15, -0.1) is 11.8 Å². The van der Waals surface area contributed by atoms with Gasteiger partial charge in [-0.25, -0.2) is 0 Å². The van der Waals surface area contributed by atoms with Crippen molar-refractivity contribution in [2.45, 2.75) is 17.7 Å².